The average Bonchev–Trinajstić information content (AvgIpc) is 3.31. The zero-order chi connectivity index (χ0) is 15.2. The molecule has 0 saturated heterocycles. The van der Waals surface area contributed by atoms with Crippen molar-refractivity contribution in [3.05, 3.63) is 18.2 Å². The molecular weight excluding hydrogens is 270 g/mol. The Hall–Kier alpha value is -2.08. The predicted molar refractivity (Wildman–Crippen MR) is 81.3 cm³/mol. The molecule has 0 spiro atoms. The van der Waals surface area contributed by atoms with Gasteiger partial charge in [0.2, 0.25) is 11.8 Å². The van der Waals surface area contributed by atoms with Gasteiger partial charge in [-0.3, -0.25) is 9.59 Å². The largest absolute Gasteiger partial charge is 0.497 e. The van der Waals surface area contributed by atoms with Crippen molar-refractivity contribution >= 4 is 23.2 Å². The van der Waals surface area contributed by atoms with Crippen molar-refractivity contribution in [3.63, 3.8) is 0 Å². The summed E-state index contributed by atoms with van der Waals surface area (Å²) in [5.74, 6) is 0.592. The van der Waals surface area contributed by atoms with E-state index in [1.807, 2.05) is 0 Å². The van der Waals surface area contributed by atoms with E-state index in [2.05, 4.69) is 10.6 Å². The number of nitrogens with one attached hydrogen (secondary N) is 2. The SMILES string of the molecule is COc1ccc(NC(=O)C2CC2)c(NC(=O)CCCN)c1. The molecule has 1 aromatic carbocycles. The number of ether oxygens (including phenoxy) is 1. The van der Waals surface area contributed by atoms with E-state index in [-0.39, 0.29) is 17.7 Å². The molecule has 2 rings (SSSR count). The zero-order valence-corrected chi connectivity index (χ0v) is 12.1. The lowest BCUT2D eigenvalue weighted by atomic mass is 10.2. The Kier molecular flexibility index (Phi) is 5.16. The molecule has 2 amide bonds. The first kappa shape index (κ1) is 15.3. The van der Waals surface area contributed by atoms with E-state index in [1.165, 1.54) is 0 Å². The van der Waals surface area contributed by atoms with Gasteiger partial charge in [0.05, 0.1) is 18.5 Å². The van der Waals surface area contributed by atoms with Crippen LogP contribution in [-0.2, 0) is 9.59 Å². The van der Waals surface area contributed by atoms with Crippen LogP contribution in [0.1, 0.15) is 25.7 Å². The topological polar surface area (TPSA) is 93.5 Å². The molecule has 0 aromatic heterocycles. The summed E-state index contributed by atoms with van der Waals surface area (Å²) in [6.45, 7) is 0.469. The van der Waals surface area contributed by atoms with Crippen LogP contribution in [0.15, 0.2) is 18.2 Å². The van der Waals surface area contributed by atoms with Crippen molar-refractivity contribution in [2.24, 2.45) is 11.7 Å². The fraction of sp³-hybridized carbons (Fsp3) is 0.467. The zero-order valence-electron chi connectivity index (χ0n) is 12.1. The Morgan fingerprint density at radius 3 is 2.67 bits per heavy atom. The van der Waals surface area contributed by atoms with E-state index in [4.69, 9.17) is 10.5 Å². The number of rotatable bonds is 7. The molecule has 1 fully saturated rings. The van der Waals surface area contributed by atoms with Crippen LogP contribution in [-0.4, -0.2) is 25.5 Å². The predicted octanol–water partition coefficient (Wildman–Crippen LogP) is 1.72. The first-order chi connectivity index (χ1) is 10.1. The Morgan fingerprint density at radius 2 is 2.05 bits per heavy atom. The number of hydrogen-bond donors (Lipinski definition) is 3. The second-order valence-corrected chi connectivity index (χ2v) is 5.12. The summed E-state index contributed by atoms with van der Waals surface area (Å²) in [6, 6.07) is 5.18. The van der Waals surface area contributed by atoms with Gasteiger partial charge in [-0.05, 0) is 37.9 Å². The van der Waals surface area contributed by atoms with Crippen LogP contribution in [0.3, 0.4) is 0 Å². The maximum atomic E-state index is 11.9. The van der Waals surface area contributed by atoms with Gasteiger partial charge in [-0.1, -0.05) is 0 Å². The van der Waals surface area contributed by atoms with E-state index >= 15 is 0 Å². The molecule has 21 heavy (non-hydrogen) atoms. The molecule has 0 bridgehead atoms. The summed E-state index contributed by atoms with van der Waals surface area (Å²) < 4.78 is 5.15. The second kappa shape index (κ2) is 7.08. The fourth-order valence-electron chi connectivity index (χ4n) is 1.92. The van der Waals surface area contributed by atoms with Crippen LogP contribution in [0, 0.1) is 5.92 Å². The molecule has 4 N–H and O–H groups in total. The van der Waals surface area contributed by atoms with Gasteiger partial charge >= 0.3 is 0 Å². The van der Waals surface area contributed by atoms with Crippen molar-refractivity contribution < 1.29 is 14.3 Å². The van der Waals surface area contributed by atoms with Gasteiger partial charge in [-0.25, -0.2) is 0 Å². The van der Waals surface area contributed by atoms with Crippen LogP contribution < -0.4 is 21.1 Å². The molecule has 6 nitrogen and oxygen atoms in total. The molecule has 1 aliphatic carbocycles. The van der Waals surface area contributed by atoms with E-state index in [1.54, 1.807) is 25.3 Å². The Bertz CT molecular complexity index is 527. The molecule has 0 aliphatic heterocycles. The van der Waals surface area contributed by atoms with Gasteiger partial charge in [0.25, 0.3) is 0 Å². The molecule has 0 radical (unpaired) electrons. The molecule has 0 heterocycles. The highest BCUT2D eigenvalue weighted by atomic mass is 16.5. The highest BCUT2D eigenvalue weighted by molar-refractivity contribution is 6.01. The third-order valence-electron chi connectivity index (χ3n) is 3.31. The molecule has 114 valence electrons. The van der Waals surface area contributed by atoms with Crippen LogP contribution in [0.5, 0.6) is 5.75 Å². The molecule has 1 aromatic rings. The lowest BCUT2D eigenvalue weighted by Gasteiger charge is -2.13. The van der Waals surface area contributed by atoms with E-state index in [0.717, 1.165) is 12.8 Å². The molecule has 6 heteroatoms. The van der Waals surface area contributed by atoms with Crippen molar-refractivity contribution in [2.45, 2.75) is 25.7 Å². The minimum Gasteiger partial charge on any atom is -0.497 e. The minimum atomic E-state index is -0.129. The number of hydrogen-bond acceptors (Lipinski definition) is 4. The monoisotopic (exact) mass is 291 g/mol. The lowest BCUT2D eigenvalue weighted by molar-refractivity contribution is -0.117. The number of amides is 2. The second-order valence-electron chi connectivity index (χ2n) is 5.12. The number of nitrogens with two attached hydrogens (primary N) is 1. The van der Waals surface area contributed by atoms with E-state index in [9.17, 15) is 9.59 Å². The quantitative estimate of drug-likeness (QED) is 0.713. The molecule has 1 aliphatic rings. The van der Waals surface area contributed by atoms with Crippen molar-refractivity contribution in [1.29, 1.82) is 0 Å². The van der Waals surface area contributed by atoms with Gasteiger partial charge in [-0.15, -0.1) is 0 Å². The fourth-order valence-corrected chi connectivity index (χ4v) is 1.92. The van der Waals surface area contributed by atoms with Gasteiger partial charge in [-0.2, -0.15) is 0 Å². The third kappa shape index (κ3) is 4.46. The summed E-state index contributed by atoms with van der Waals surface area (Å²) in [5, 5.41) is 5.65. The van der Waals surface area contributed by atoms with Gasteiger partial charge in [0.1, 0.15) is 5.75 Å². The smallest absolute Gasteiger partial charge is 0.227 e. The van der Waals surface area contributed by atoms with Crippen molar-refractivity contribution in [1.82, 2.24) is 0 Å². The van der Waals surface area contributed by atoms with Crippen LogP contribution in [0.4, 0.5) is 11.4 Å². The summed E-state index contributed by atoms with van der Waals surface area (Å²) in [6.07, 6.45) is 2.84. The number of benzene rings is 1. The van der Waals surface area contributed by atoms with Crippen LogP contribution >= 0.6 is 0 Å². The van der Waals surface area contributed by atoms with Crippen LogP contribution in [0.25, 0.3) is 0 Å². The molecule has 0 atom stereocenters. The first-order valence-corrected chi connectivity index (χ1v) is 7.13. The molecule has 0 unspecified atom stereocenters. The minimum absolute atomic E-state index is 0.00220. The summed E-state index contributed by atoms with van der Waals surface area (Å²) >= 11 is 0. The van der Waals surface area contributed by atoms with Crippen molar-refractivity contribution in [3.8, 4) is 5.75 Å². The molecular formula is C15H21N3O3. The maximum Gasteiger partial charge on any atom is 0.227 e. The summed E-state index contributed by atoms with van der Waals surface area (Å²) in [7, 11) is 1.55. The Balaban J connectivity index is 2.10. The first-order valence-electron chi connectivity index (χ1n) is 7.13. The molecule has 1 saturated carbocycles. The average molecular weight is 291 g/mol. The van der Waals surface area contributed by atoms with E-state index in [0.29, 0.717) is 36.5 Å². The third-order valence-corrected chi connectivity index (χ3v) is 3.31. The number of carbonyl (C=O) groups excluding carboxylic acids is 2. The highest BCUT2D eigenvalue weighted by Gasteiger charge is 2.30. The van der Waals surface area contributed by atoms with Crippen molar-refractivity contribution in [2.75, 3.05) is 24.3 Å². The lowest BCUT2D eigenvalue weighted by Crippen LogP contribution is -2.18. The van der Waals surface area contributed by atoms with Gasteiger partial charge in [0, 0.05) is 18.4 Å². The number of carbonyl (C=O) groups is 2. The normalized spacial score (nSPS) is 13.6. The Labute approximate surface area is 124 Å². The summed E-state index contributed by atoms with van der Waals surface area (Å²) in [4.78, 5) is 23.7. The number of anilines is 2. The Morgan fingerprint density at radius 1 is 1.29 bits per heavy atom. The van der Waals surface area contributed by atoms with Gasteiger partial charge in [0.15, 0.2) is 0 Å². The van der Waals surface area contributed by atoms with E-state index < -0.39 is 0 Å². The highest BCUT2D eigenvalue weighted by Crippen LogP contribution is 2.33. The van der Waals surface area contributed by atoms with Gasteiger partial charge < -0.3 is 21.1 Å². The summed E-state index contributed by atoms with van der Waals surface area (Å²) in [5.41, 5.74) is 6.53. The standard InChI is InChI=1S/C15H21N3O3/c1-21-11-6-7-12(18-15(20)10-4-5-10)13(9-11)17-14(19)3-2-8-16/h6-7,9-10H,2-5,8,16H2,1H3,(H,17,19)(H,18,20). The number of methoxy groups -OCH3 is 1. The van der Waals surface area contributed by atoms with Crippen LogP contribution in [0.2, 0.25) is 0 Å². The maximum absolute atomic E-state index is 11.9.